The van der Waals surface area contributed by atoms with E-state index in [4.69, 9.17) is 47.4 Å². The molecule has 6 rings (SSSR count). The van der Waals surface area contributed by atoms with Crippen LogP contribution in [0.25, 0.3) is 22.2 Å². The summed E-state index contributed by atoms with van der Waals surface area (Å²) in [5.74, 6) is 2.12. The number of hydrogen-bond donors (Lipinski definition) is 1. The number of rotatable bonds is 9. The van der Waals surface area contributed by atoms with Crippen LogP contribution in [0.15, 0.2) is 31.0 Å². The van der Waals surface area contributed by atoms with Gasteiger partial charge in [0.2, 0.25) is 5.95 Å². The number of aromatic nitrogens is 3. The molecule has 3 fully saturated rings. The zero-order chi connectivity index (χ0) is 28.0. The van der Waals surface area contributed by atoms with Gasteiger partial charge in [-0.15, -0.1) is 0 Å². The van der Waals surface area contributed by atoms with E-state index < -0.39 is 0 Å². The molecule has 2 atom stereocenters. The molecule has 2 aliphatic heterocycles. The maximum absolute atomic E-state index is 12.0. The third-order valence-corrected chi connectivity index (χ3v) is 9.10. The van der Waals surface area contributed by atoms with Crippen LogP contribution in [0.2, 0.25) is 10.0 Å². The smallest absolute Gasteiger partial charge is 0.223 e. The zero-order valence-corrected chi connectivity index (χ0v) is 24.0. The van der Waals surface area contributed by atoms with Gasteiger partial charge in [0.25, 0.3) is 0 Å². The van der Waals surface area contributed by atoms with Crippen molar-refractivity contribution in [1.29, 1.82) is 0 Å². The van der Waals surface area contributed by atoms with Crippen molar-refractivity contribution in [2.75, 3.05) is 50.7 Å². The summed E-state index contributed by atoms with van der Waals surface area (Å²) in [7, 11) is 3.09. The lowest BCUT2D eigenvalue weighted by Crippen LogP contribution is -2.60. The topological polar surface area (TPSA) is 98.7 Å². The lowest BCUT2D eigenvalue weighted by Gasteiger charge is -2.56. The predicted octanol–water partition coefficient (Wildman–Crippen LogP) is 5.58. The summed E-state index contributed by atoms with van der Waals surface area (Å²) in [5, 5.41) is 4.90. The second-order valence-electron chi connectivity index (χ2n) is 10.9. The Morgan fingerprint density at radius 2 is 1.90 bits per heavy atom. The minimum atomic E-state index is -0.0823. The maximum atomic E-state index is 12.0. The molecular formula is C29H31Cl2N5O4. The maximum Gasteiger partial charge on any atom is 0.223 e. The molecule has 3 aromatic rings. The first-order valence-corrected chi connectivity index (χ1v) is 14.1. The van der Waals surface area contributed by atoms with Crippen LogP contribution in [0, 0.1) is 11.3 Å². The summed E-state index contributed by atoms with van der Waals surface area (Å²) < 4.78 is 16.6. The van der Waals surface area contributed by atoms with Gasteiger partial charge in [-0.3, -0.25) is 4.79 Å². The first kappa shape index (κ1) is 27.1. The Kier molecular flexibility index (Phi) is 7.23. The van der Waals surface area contributed by atoms with Gasteiger partial charge in [-0.05, 0) is 25.0 Å². The Bertz CT molecular complexity index is 1460. The summed E-state index contributed by atoms with van der Waals surface area (Å²) in [6, 6.07) is 3.47. The number of ketones is 1. The Hall–Kier alpha value is -3.14. The largest absolute Gasteiger partial charge is 0.495 e. The fourth-order valence-electron chi connectivity index (χ4n) is 5.92. The van der Waals surface area contributed by atoms with Gasteiger partial charge in [0.1, 0.15) is 17.0 Å². The number of pyridine rings is 1. The highest BCUT2D eigenvalue weighted by atomic mass is 35.5. The lowest BCUT2D eigenvalue weighted by molar-refractivity contribution is -0.115. The van der Waals surface area contributed by atoms with Crippen molar-refractivity contribution >= 4 is 51.7 Å². The van der Waals surface area contributed by atoms with Gasteiger partial charge in [-0.2, -0.15) is 0 Å². The molecule has 2 aromatic heterocycles. The zero-order valence-electron chi connectivity index (χ0n) is 22.5. The van der Waals surface area contributed by atoms with Crippen molar-refractivity contribution in [3.63, 3.8) is 0 Å². The van der Waals surface area contributed by atoms with Crippen LogP contribution >= 0.6 is 23.2 Å². The summed E-state index contributed by atoms with van der Waals surface area (Å²) in [4.78, 5) is 28.8. The van der Waals surface area contributed by atoms with Crippen LogP contribution in [0.3, 0.4) is 0 Å². The molecule has 210 valence electrons. The Labute approximate surface area is 242 Å². The summed E-state index contributed by atoms with van der Waals surface area (Å²) in [6.45, 7) is 6.42. The van der Waals surface area contributed by atoms with E-state index in [0.29, 0.717) is 63.8 Å². The first-order valence-electron chi connectivity index (χ1n) is 13.4. The Morgan fingerprint density at radius 1 is 1.18 bits per heavy atom. The van der Waals surface area contributed by atoms with Gasteiger partial charge in [0.15, 0.2) is 11.6 Å². The molecule has 4 heterocycles. The Morgan fingerprint density at radius 3 is 2.52 bits per heavy atom. The summed E-state index contributed by atoms with van der Waals surface area (Å²) in [5.41, 5.74) is 2.22. The number of ether oxygens (including phenoxy) is 3. The minimum Gasteiger partial charge on any atom is -0.495 e. The minimum absolute atomic E-state index is 0.00468. The number of nitrogens with zero attached hydrogens (tertiary/aromatic N) is 4. The molecule has 2 saturated heterocycles. The second-order valence-corrected chi connectivity index (χ2v) is 11.6. The number of nitrogens with one attached hydrogen (secondary N) is 1. The standard InChI is InChI=1S/C29H31Cl2N5O4/c1-4-18(37)8-17-12-40-13-20(17)34-28-32-11-16-9-19(23-24(30)21(38-2)10-22(39-3)25(23)31)33-27(26(16)35-28)36-14-29(15-36)6-5-7-29/h4,9-11,17,20H,1,5-8,12-15H2,2-3H3,(H,32,34,35)/t17-,20+/m0/s1. The van der Waals surface area contributed by atoms with Crippen molar-refractivity contribution < 1.29 is 19.0 Å². The molecule has 1 saturated carbocycles. The molecule has 9 nitrogen and oxygen atoms in total. The fourth-order valence-corrected chi connectivity index (χ4v) is 6.62. The van der Waals surface area contributed by atoms with E-state index in [0.717, 1.165) is 29.8 Å². The average molecular weight is 585 g/mol. The van der Waals surface area contributed by atoms with E-state index in [1.165, 1.54) is 25.3 Å². The quantitative estimate of drug-likeness (QED) is 0.323. The van der Waals surface area contributed by atoms with Crippen molar-refractivity contribution in [3.8, 4) is 22.8 Å². The van der Waals surface area contributed by atoms with E-state index >= 15 is 0 Å². The van der Waals surface area contributed by atoms with Crippen LogP contribution in [-0.2, 0) is 9.53 Å². The monoisotopic (exact) mass is 583 g/mol. The number of fused-ring (bicyclic) bond motifs is 1. The van der Waals surface area contributed by atoms with Gasteiger partial charge >= 0.3 is 0 Å². The van der Waals surface area contributed by atoms with Gasteiger partial charge in [-0.25, -0.2) is 15.0 Å². The number of allylic oxidation sites excluding steroid dienone is 1. The van der Waals surface area contributed by atoms with Gasteiger partial charge in [-0.1, -0.05) is 36.2 Å². The number of halogens is 2. The van der Waals surface area contributed by atoms with Crippen LogP contribution in [0.1, 0.15) is 25.7 Å². The SMILES string of the molecule is C=CC(=O)C[C@H]1COC[C@H]1Nc1ncc2cc(-c3c(Cl)c(OC)cc(OC)c3Cl)nc(N3CC4(CCC4)C3)c2n1. The third-order valence-electron chi connectivity index (χ3n) is 8.35. The van der Waals surface area contributed by atoms with Gasteiger partial charge in [0.05, 0.1) is 49.2 Å². The number of anilines is 2. The number of carbonyl (C=O) groups is 1. The van der Waals surface area contributed by atoms with Crippen molar-refractivity contribution in [2.45, 2.75) is 31.7 Å². The number of hydrogen-bond acceptors (Lipinski definition) is 9. The predicted molar refractivity (Wildman–Crippen MR) is 156 cm³/mol. The van der Waals surface area contributed by atoms with Crippen LogP contribution in [0.4, 0.5) is 11.8 Å². The van der Waals surface area contributed by atoms with E-state index in [2.05, 4.69) is 21.8 Å². The van der Waals surface area contributed by atoms with E-state index in [1.54, 1.807) is 26.5 Å². The molecule has 1 N–H and O–H groups in total. The van der Waals surface area contributed by atoms with E-state index in [-0.39, 0.29) is 17.7 Å². The highest BCUT2D eigenvalue weighted by molar-refractivity contribution is 6.41. The number of benzene rings is 1. The average Bonchev–Trinajstić information content (AvgIpc) is 3.33. The van der Waals surface area contributed by atoms with Crippen molar-refractivity contribution in [2.24, 2.45) is 11.3 Å². The molecule has 0 radical (unpaired) electrons. The Balaban J connectivity index is 1.41. The summed E-state index contributed by atoms with van der Waals surface area (Å²) >= 11 is 13.5. The first-order chi connectivity index (χ1) is 19.3. The van der Waals surface area contributed by atoms with Gasteiger partial charge < -0.3 is 24.4 Å². The highest BCUT2D eigenvalue weighted by Gasteiger charge is 2.48. The molecule has 1 aliphatic carbocycles. The van der Waals surface area contributed by atoms with Crippen molar-refractivity contribution in [1.82, 2.24) is 15.0 Å². The van der Waals surface area contributed by atoms with Crippen LogP contribution in [-0.4, -0.2) is 67.3 Å². The number of carbonyl (C=O) groups excluding carboxylic acids is 1. The van der Waals surface area contributed by atoms with E-state index in [1.807, 2.05) is 6.07 Å². The highest BCUT2D eigenvalue weighted by Crippen LogP contribution is 2.51. The normalized spacial score (nSPS) is 21.1. The third kappa shape index (κ3) is 4.74. The van der Waals surface area contributed by atoms with E-state index in [9.17, 15) is 4.79 Å². The molecule has 11 heteroatoms. The second kappa shape index (κ2) is 10.7. The molecule has 0 bridgehead atoms. The van der Waals surface area contributed by atoms with Crippen LogP contribution in [0.5, 0.6) is 11.5 Å². The molecule has 0 unspecified atom stereocenters. The number of methoxy groups -OCH3 is 2. The fraction of sp³-hybridized carbons (Fsp3) is 0.448. The molecule has 1 aromatic carbocycles. The van der Waals surface area contributed by atoms with Gasteiger partial charge in [0, 0.05) is 54.1 Å². The molecule has 0 amide bonds. The molecule has 40 heavy (non-hydrogen) atoms. The molecular weight excluding hydrogens is 553 g/mol. The van der Waals surface area contributed by atoms with Crippen molar-refractivity contribution in [3.05, 3.63) is 41.0 Å². The molecule has 3 aliphatic rings. The molecule has 1 spiro atoms. The summed E-state index contributed by atoms with van der Waals surface area (Å²) in [6.07, 6.45) is 7.24. The lowest BCUT2D eigenvalue weighted by atomic mass is 9.63. The van der Waals surface area contributed by atoms with Crippen LogP contribution < -0.4 is 19.7 Å².